The standard InChI is InChI=1S/C84H129NO8/c1-6-8-10-12-14-16-18-20-22-24-26-28-30-32-34-36-38-40-41-43-45-47-49-51-53-55-57-59-61-63-65-67-69-71-73-75-82(87)93-80(79-92-84(83(88)89)90-77-76-85(3,4)5)78-91-81(86)74-72-70-68-66-64-62-60-58-56-54-52-50-48-46-44-42-39-37-35-33-31-29-27-25-23-21-19-17-15-13-11-9-7-2/h8-11,14-17,20-23,26-29,32-35,38-40,42-43,45-46,48-49,51-52,54-55,57,61,63,80,84H,6-7,12-13,18-19,24-25,30-31,36-37,41,44,47,50,53,56,58-60,62,64-79H2,1-5H3/b10-8-,11-9-,16-14-,17-15-,22-20-,23-21-,28-26-,29-27-,34-32-,35-33-,40-38-,42-39-,45-43-,48-46-,51-49-,54-52-,57-55-,63-61-. The van der Waals surface area contributed by atoms with E-state index in [1.807, 2.05) is 21.1 Å². The Morgan fingerprint density at radius 2 is 0.581 bits per heavy atom. The van der Waals surface area contributed by atoms with Crippen LogP contribution < -0.4 is 5.11 Å². The SMILES string of the molecule is CC/C=C\C/C=C\C/C=C\C/C=C\C/C=C\C/C=C\C/C=C\C/C=C\C/C=C\C/C=C\CCCCCCC(=O)OC(COC(=O)CCCCCCCCCC/C=C\C/C=C\C/C=C\C/C=C\C/C=C\C/C=C\C/C=C\C/C=C\CC)COC(OCC[N+](C)(C)C)C(=O)[O-]. The molecule has 0 amide bonds. The van der Waals surface area contributed by atoms with Gasteiger partial charge in [-0.05, 0) is 154 Å². The van der Waals surface area contributed by atoms with Crippen LogP contribution in [0.2, 0.25) is 0 Å². The predicted molar refractivity (Wildman–Crippen MR) is 397 cm³/mol. The van der Waals surface area contributed by atoms with Gasteiger partial charge in [-0.25, -0.2) is 0 Å². The highest BCUT2D eigenvalue weighted by atomic mass is 16.7. The Bertz CT molecular complexity index is 2330. The molecule has 0 aliphatic carbocycles. The van der Waals surface area contributed by atoms with Crippen LogP contribution in [-0.4, -0.2) is 82.3 Å². The number of carboxylic acid groups (broad SMARTS) is 1. The summed E-state index contributed by atoms with van der Waals surface area (Å²) < 4.78 is 22.7. The molecule has 2 atom stereocenters. The third-order valence-corrected chi connectivity index (χ3v) is 14.2. The van der Waals surface area contributed by atoms with E-state index in [-0.39, 0.29) is 38.6 Å². The first kappa shape index (κ1) is 86.6. The van der Waals surface area contributed by atoms with Crippen molar-refractivity contribution >= 4 is 17.9 Å². The van der Waals surface area contributed by atoms with Crippen molar-refractivity contribution < 1.29 is 42.9 Å². The van der Waals surface area contributed by atoms with Gasteiger partial charge in [-0.1, -0.05) is 284 Å². The molecule has 0 heterocycles. The van der Waals surface area contributed by atoms with Gasteiger partial charge < -0.3 is 33.3 Å². The maximum absolute atomic E-state index is 12.9. The first-order valence-corrected chi connectivity index (χ1v) is 35.9. The second-order valence-electron chi connectivity index (χ2n) is 24.1. The summed E-state index contributed by atoms with van der Waals surface area (Å²) in [6.45, 7) is 4.45. The molecule has 0 aliphatic heterocycles. The Labute approximate surface area is 568 Å². The molecule has 0 aromatic carbocycles. The summed E-state index contributed by atoms with van der Waals surface area (Å²) in [5, 5.41) is 11.8. The monoisotopic (exact) mass is 1280 g/mol. The molecule has 0 aromatic heterocycles. The van der Waals surface area contributed by atoms with Crippen LogP contribution in [0.25, 0.3) is 0 Å². The molecule has 0 bridgehead atoms. The predicted octanol–water partition coefficient (Wildman–Crippen LogP) is 21.6. The summed E-state index contributed by atoms with van der Waals surface area (Å²) in [5.41, 5.74) is 0. The van der Waals surface area contributed by atoms with Gasteiger partial charge >= 0.3 is 11.9 Å². The van der Waals surface area contributed by atoms with Crippen molar-refractivity contribution in [1.82, 2.24) is 0 Å². The van der Waals surface area contributed by atoms with Gasteiger partial charge in [-0.3, -0.25) is 9.59 Å². The number of likely N-dealkylation sites (N-methyl/N-ethyl adjacent to an activating group) is 1. The van der Waals surface area contributed by atoms with E-state index in [4.69, 9.17) is 18.9 Å². The lowest BCUT2D eigenvalue weighted by Crippen LogP contribution is -2.44. The Hall–Kier alpha value is -6.39. The summed E-state index contributed by atoms with van der Waals surface area (Å²) in [6.07, 6.45) is 110. The van der Waals surface area contributed by atoms with Crippen LogP contribution in [0, 0.1) is 0 Å². The number of esters is 2. The molecule has 2 unspecified atom stereocenters. The van der Waals surface area contributed by atoms with Crippen LogP contribution in [0.4, 0.5) is 0 Å². The fourth-order valence-electron chi connectivity index (χ4n) is 8.81. The molecule has 0 fully saturated rings. The van der Waals surface area contributed by atoms with E-state index >= 15 is 0 Å². The van der Waals surface area contributed by atoms with Gasteiger partial charge in [0.05, 0.1) is 40.3 Å². The van der Waals surface area contributed by atoms with Crippen molar-refractivity contribution in [3.05, 3.63) is 219 Å². The molecule has 0 aliphatic rings. The minimum atomic E-state index is -1.65. The number of hydrogen-bond acceptors (Lipinski definition) is 8. The number of quaternary nitrogens is 1. The molecule has 0 radical (unpaired) electrons. The van der Waals surface area contributed by atoms with E-state index < -0.39 is 24.3 Å². The number of aliphatic carboxylic acids is 1. The van der Waals surface area contributed by atoms with E-state index in [9.17, 15) is 19.5 Å². The molecule has 93 heavy (non-hydrogen) atoms. The van der Waals surface area contributed by atoms with E-state index in [0.717, 1.165) is 167 Å². The van der Waals surface area contributed by atoms with Gasteiger partial charge in [-0.15, -0.1) is 0 Å². The van der Waals surface area contributed by atoms with Crippen LogP contribution >= 0.6 is 0 Å². The molecule has 0 saturated carbocycles. The van der Waals surface area contributed by atoms with Crippen LogP contribution in [0.5, 0.6) is 0 Å². The van der Waals surface area contributed by atoms with E-state index in [0.29, 0.717) is 23.9 Å². The van der Waals surface area contributed by atoms with Gasteiger partial charge in [0.1, 0.15) is 13.2 Å². The molecule has 9 heteroatoms. The highest BCUT2D eigenvalue weighted by Gasteiger charge is 2.22. The Balaban J connectivity index is 4.29. The second kappa shape index (κ2) is 71.5. The van der Waals surface area contributed by atoms with Crippen LogP contribution in [0.3, 0.4) is 0 Å². The van der Waals surface area contributed by atoms with Crippen molar-refractivity contribution in [3.8, 4) is 0 Å². The Kier molecular flexibility index (Phi) is 66.5. The molecule has 0 aromatic rings. The maximum atomic E-state index is 12.9. The highest BCUT2D eigenvalue weighted by Crippen LogP contribution is 2.14. The number of nitrogens with zero attached hydrogens (tertiary/aromatic N) is 1. The number of rotatable bonds is 63. The van der Waals surface area contributed by atoms with Crippen molar-refractivity contribution in [3.63, 3.8) is 0 Å². The van der Waals surface area contributed by atoms with Crippen molar-refractivity contribution in [2.45, 2.75) is 245 Å². The normalized spacial score (nSPS) is 14.0. The topological polar surface area (TPSA) is 111 Å². The van der Waals surface area contributed by atoms with Crippen molar-refractivity contribution in [2.24, 2.45) is 0 Å². The fourth-order valence-corrected chi connectivity index (χ4v) is 8.81. The Morgan fingerprint density at radius 3 is 0.860 bits per heavy atom. The van der Waals surface area contributed by atoms with Gasteiger partial charge in [0, 0.05) is 12.8 Å². The lowest BCUT2D eigenvalue weighted by molar-refractivity contribution is -0.870. The first-order chi connectivity index (χ1) is 45.6. The lowest BCUT2D eigenvalue weighted by atomic mass is 10.1. The molecule has 0 rings (SSSR count). The molecule has 518 valence electrons. The minimum absolute atomic E-state index is 0.128. The largest absolute Gasteiger partial charge is 0.545 e. The quantitative estimate of drug-likeness (QED) is 0.0195. The van der Waals surface area contributed by atoms with Crippen LogP contribution in [-0.2, 0) is 33.3 Å². The van der Waals surface area contributed by atoms with Gasteiger partial charge in [0.15, 0.2) is 12.4 Å². The smallest absolute Gasteiger partial charge is 0.306 e. The highest BCUT2D eigenvalue weighted by molar-refractivity contribution is 5.70. The van der Waals surface area contributed by atoms with Crippen molar-refractivity contribution in [1.29, 1.82) is 0 Å². The first-order valence-electron chi connectivity index (χ1n) is 35.9. The zero-order valence-corrected chi connectivity index (χ0v) is 59.0. The lowest BCUT2D eigenvalue weighted by Gasteiger charge is -2.26. The second-order valence-corrected chi connectivity index (χ2v) is 24.1. The molecule has 0 N–H and O–H groups in total. The van der Waals surface area contributed by atoms with Gasteiger partial charge in [-0.2, -0.15) is 0 Å². The number of allylic oxidation sites excluding steroid dienone is 36. The van der Waals surface area contributed by atoms with Gasteiger partial charge in [0.2, 0.25) is 0 Å². The molecule has 0 spiro atoms. The molecule has 0 saturated heterocycles. The summed E-state index contributed by atoms with van der Waals surface area (Å²) in [5.74, 6) is -2.36. The third-order valence-electron chi connectivity index (χ3n) is 14.2. The molecular formula is C84H129NO8. The zero-order chi connectivity index (χ0) is 67.5. The number of carbonyl (C=O) groups is 3. The maximum Gasteiger partial charge on any atom is 0.306 e. The van der Waals surface area contributed by atoms with E-state index in [1.54, 1.807) is 0 Å². The number of carboxylic acids is 1. The average Bonchev–Trinajstić information content (AvgIpc) is 3.74. The summed E-state index contributed by atoms with van der Waals surface area (Å²) in [7, 11) is 5.90. The zero-order valence-electron chi connectivity index (χ0n) is 59.0. The third kappa shape index (κ3) is 72.9. The van der Waals surface area contributed by atoms with Crippen LogP contribution in [0.15, 0.2) is 219 Å². The van der Waals surface area contributed by atoms with Gasteiger partial charge in [0.25, 0.3) is 0 Å². The number of carbonyl (C=O) groups excluding carboxylic acids is 3. The summed E-state index contributed by atoms with van der Waals surface area (Å²) >= 11 is 0. The molecule has 9 nitrogen and oxygen atoms in total. The number of unbranched alkanes of at least 4 members (excludes halogenated alkanes) is 12. The minimum Gasteiger partial charge on any atom is -0.545 e. The number of hydrogen-bond donors (Lipinski definition) is 0. The fraction of sp³-hybridized carbons (Fsp3) is 0.536. The Morgan fingerprint density at radius 1 is 0.323 bits per heavy atom. The van der Waals surface area contributed by atoms with E-state index in [1.165, 1.54) is 25.7 Å². The van der Waals surface area contributed by atoms with E-state index in [2.05, 4.69) is 233 Å². The average molecular weight is 1280 g/mol. The van der Waals surface area contributed by atoms with Crippen LogP contribution in [0.1, 0.15) is 232 Å². The summed E-state index contributed by atoms with van der Waals surface area (Å²) in [6, 6.07) is 0. The number of ether oxygens (including phenoxy) is 4. The van der Waals surface area contributed by atoms with Crippen molar-refractivity contribution in [2.75, 3.05) is 47.5 Å². The molecular weight excluding hydrogens is 1150 g/mol. The summed E-state index contributed by atoms with van der Waals surface area (Å²) in [4.78, 5) is 37.5.